The van der Waals surface area contributed by atoms with Crippen molar-refractivity contribution in [3.05, 3.63) is 59.7 Å². The van der Waals surface area contributed by atoms with E-state index in [1.807, 2.05) is 0 Å². The van der Waals surface area contributed by atoms with Gasteiger partial charge in [0.1, 0.15) is 0 Å². The Bertz CT molecular complexity index is 661. The van der Waals surface area contributed by atoms with Crippen molar-refractivity contribution in [3.8, 4) is 0 Å². The number of para-hydroxylation sites is 1. The maximum atomic E-state index is 2.64. The van der Waals surface area contributed by atoms with Crippen LogP contribution in [0.2, 0.25) is 0 Å². The van der Waals surface area contributed by atoms with Gasteiger partial charge >= 0.3 is 0 Å². The number of hydrogen-bond acceptors (Lipinski definition) is 1. The summed E-state index contributed by atoms with van der Waals surface area (Å²) in [5.41, 5.74) is 5.50. The van der Waals surface area contributed by atoms with E-state index in [0.29, 0.717) is 6.04 Å². The predicted octanol–water partition coefficient (Wildman–Crippen LogP) is 5.63. The van der Waals surface area contributed by atoms with E-state index in [0.717, 1.165) is 11.8 Å². The SMILES string of the molecule is Cc1ccc(N(c2ccccc2)C2CC3CCC2C3)c(C)c1. The zero-order valence-corrected chi connectivity index (χ0v) is 13.6. The van der Waals surface area contributed by atoms with Crippen LogP contribution in [0.3, 0.4) is 0 Å². The molecule has 0 heterocycles. The van der Waals surface area contributed by atoms with Gasteiger partial charge in [0, 0.05) is 17.4 Å². The van der Waals surface area contributed by atoms with E-state index in [1.54, 1.807) is 0 Å². The molecule has 0 aliphatic heterocycles. The molecule has 2 aliphatic carbocycles. The highest BCUT2D eigenvalue weighted by atomic mass is 15.2. The number of fused-ring (bicyclic) bond motifs is 2. The molecular weight excluding hydrogens is 266 g/mol. The van der Waals surface area contributed by atoms with Crippen molar-refractivity contribution in [1.82, 2.24) is 0 Å². The van der Waals surface area contributed by atoms with Gasteiger partial charge in [0.2, 0.25) is 0 Å². The van der Waals surface area contributed by atoms with Crippen LogP contribution in [-0.4, -0.2) is 6.04 Å². The fraction of sp³-hybridized carbons (Fsp3) is 0.429. The maximum absolute atomic E-state index is 2.64. The molecule has 0 saturated heterocycles. The first-order valence-electron chi connectivity index (χ1n) is 8.64. The molecule has 0 spiro atoms. The van der Waals surface area contributed by atoms with Crippen molar-refractivity contribution in [2.75, 3.05) is 4.90 Å². The van der Waals surface area contributed by atoms with Gasteiger partial charge in [-0.05, 0) is 68.7 Å². The molecule has 3 unspecified atom stereocenters. The summed E-state index contributed by atoms with van der Waals surface area (Å²) < 4.78 is 0. The first kappa shape index (κ1) is 13.9. The van der Waals surface area contributed by atoms with Crippen molar-refractivity contribution in [2.45, 2.75) is 45.6 Å². The van der Waals surface area contributed by atoms with Gasteiger partial charge in [-0.25, -0.2) is 0 Å². The van der Waals surface area contributed by atoms with Gasteiger partial charge in [0.05, 0.1) is 0 Å². The molecule has 2 bridgehead atoms. The van der Waals surface area contributed by atoms with E-state index in [2.05, 4.69) is 67.3 Å². The smallest absolute Gasteiger partial charge is 0.0443 e. The Morgan fingerprint density at radius 2 is 1.73 bits per heavy atom. The Labute approximate surface area is 134 Å². The molecule has 2 saturated carbocycles. The van der Waals surface area contributed by atoms with Gasteiger partial charge in [0.15, 0.2) is 0 Å². The fourth-order valence-corrected chi connectivity index (χ4v) is 4.70. The molecule has 0 radical (unpaired) electrons. The number of aryl methyl sites for hydroxylation is 2. The minimum absolute atomic E-state index is 0.683. The van der Waals surface area contributed by atoms with E-state index in [-0.39, 0.29) is 0 Å². The van der Waals surface area contributed by atoms with E-state index in [9.17, 15) is 0 Å². The molecule has 1 nitrogen and oxygen atoms in total. The van der Waals surface area contributed by atoms with Crippen molar-refractivity contribution in [1.29, 1.82) is 0 Å². The molecule has 1 heteroatoms. The Hall–Kier alpha value is -1.76. The van der Waals surface area contributed by atoms with Crippen LogP contribution in [0.4, 0.5) is 11.4 Å². The molecule has 0 amide bonds. The monoisotopic (exact) mass is 291 g/mol. The predicted molar refractivity (Wildman–Crippen MR) is 93.7 cm³/mol. The van der Waals surface area contributed by atoms with Gasteiger partial charge in [-0.2, -0.15) is 0 Å². The standard InChI is InChI=1S/C21H25N/c1-15-8-11-20(16(2)12-15)22(19-6-4-3-5-7-19)21-14-17-9-10-18(21)13-17/h3-8,11-12,17-18,21H,9-10,13-14H2,1-2H3. The van der Waals surface area contributed by atoms with Crippen molar-refractivity contribution in [3.63, 3.8) is 0 Å². The van der Waals surface area contributed by atoms with Gasteiger partial charge in [-0.15, -0.1) is 0 Å². The molecule has 0 aromatic heterocycles. The quantitative estimate of drug-likeness (QED) is 0.708. The zero-order valence-electron chi connectivity index (χ0n) is 13.6. The number of hydrogen-bond donors (Lipinski definition) is 0. The molecule has 3 atom stereocenters. The molecule has 2 aromatic carbocycles. The Kier molecular flexibility index (Phi) is 3.44. The van der Waals surface area contributed by atoms with E-state index >= 15 is 0 Å². The van der Waals surface area contributed by atoms with Gasteiger partial charge in [-0.3, -0.25) is 0 Å². The van der Waals surface area contributed by atoms with Crippen LogP contribution in [-0.2, 0) is 0 Å². The minimum Gasteiger partial charge on any atom is -0.338 e. The summed E-state index contributed by atoms with van der Waals surface area (Å²) in [4.78, 5) is 2.64. The molecule has 4 rings (SSSR count). The van der Waals surface area contributed by atoms with E-state index < -0.39 is 0 Å². The summed E-state index contributed by atoms with van der Waals surface area (Å²) in [5.74, 6) is 1.85. The summed E-state index contributed by atoms with van der Waals surface area (Å²) in [5, 5.41) is 0. The summed E-state index contributed by atoms with van der Waals surface area (Å²) in [6, 6.07) is 18.6. The summed E-state index contributed by atoms with van der Waals surface area (Å²) in [6.45, 7) is 4.44. The Balaban J connectivity index is 1.78. The molecule has 2 fully saturated rings. The molecule has 0 N–H and O–H groups in total. The second kappa shape index (κ2) is 5.46. The fourth-order valence-electron chi connectivity index (χ4n) is 4.70. The van der Waals surface area contributed by atoms with Crippen LogP contribution in [0.25, 0.3) is 0 Å². The summed E-state index contributed by atoms with van der Waals surface area (Å²) in [7, 11) is 0. The van der Waals surface area contributed by atoms with Crippen molar-refractivity contribution >= 4 is 11.4 Å². The lowest BCUT2D eigenvalue weighted by Crippen LogP contribution is -2.36. The largest absolute Gasteiger partial charge is 0.338 e. The molecular formula is C21H25N. The highest BCUT2D eigenvalue weighted by molar-refractivity contribution is 5.68. The maximum Gasteiger partial charge on any atom is 0.0443 e. The van der Waals surface area contributed by atoms with E-state index in [1.165, 1.54) is 48.2 Å². The second-order valence-electron chi connectivity index (χ2n) is 7.24. The van der Waals surface area contributed by atoms with Crippen LogP contribution in [0, 0.1) is 25.7 Å². The average molecular weight is 291 g/mol. The van der Waals surface area contributed by atoms with Gasteiger partial charge < -0.3 is 4.90 Å². The first-order chi connectivity index (χ1) is 10.7. The van der Waals surface area contributed by atoms with Gasteiger partial charge in [-0.1, -0.05) is 42.3 Å². The third-order valence-corrected chi connectivity index (χ3v) is 5.68. The second-order valence-corrected chi connectivity index (χ2v) is 7.24. The molecule has 114 valence electrons. The Morgan fingerprint density at radius 1 is 0.909 bits per heavy atom. The lowest BCUT2D eigenvalue weighted by molar-refractivity contribution is 0.413. The van der Waals surface area contributed by atoms with E-state index in [4.69, 9.17) is 0 Å². The number of nitrogens with zero attached hydrogens (tertiary/aromatic N) is 1. The normalized spacial score (nSPS) is 26.4. The van der Waals surface area contributed by atoms with Crippen molar-refractivity contribution in [2.24, 2.45) is 11.8 Å². The molecule has 2 aliphatic rings. The van der Waals surface area contributed by atoms with Crippen LogP contribution in [0.5, 0.6) is 0 Å². The van der Waals surface area contributed by atoms with Crippen molar-refractivity contribution < 1.29 is 0 Å². The summed E-state index contributed by atoms with van der Waals surface area (Å²) >= 11 is 0. The lowest BCUT2D eigenvalue weighted by atomic mass is 9.92. The summed E-state index contributed by atoms with van der Waals surface area (Å²) in [6.07, 6.45) is 5.69. The topological polar surface area (TPSA) is 3.24 Å². The molecule has 2 aromatic rings. The average Bonchev–Trinajstić information content (AvgIpc) is 3.14. The van der Waals surface area contributed by atoms with Crippen LogP contribution in [0.1, 0.15) is 36.8 Å². The number of anilines is 2. The third-order valence-electron chi connectivity index (χ3n) is 5.68. The van der Waals surface area contributed by atoms with Crippen LogP contribution < -0.4 is 4.90 Å². The number of rotatable bonds is 3. The molecule has 22 heavy (non-hydrogen) atoms. The minimum atomic E-state index is 0.683. The van der Waals surface area contributed by atoms with Crippen LogP contribution >= 0.6 is 0 Å². The number of benzene rings is 2. The van der Waals surface area contributed by atoms with Crippen LogP contribution in [0.15, 0.2) is 48.5 Å². The lowest BCUT2D eigenvalue weighted by Gasteiger charge is -2.37. The Morgan fingerprint density at radius 3 is 2.36 bits per heavy atom. The third kappa shape index (κ3) is 2.33. The highest BCUT2D eigenvalue weighted by Crippen LogP contribution is 2.49. The highest BCUT2D eigenvalue weighted by Gasteiger charge is 2.43. The first-order valence-corrected chi connectivity index (χ1v) is 8.64. The van der Waals surface area contributed by atoms with Gasteiger partial charge in [0.25, 0.3) is 0 Å². The zero-order chi connectivity index (χ0) is 15.1.